The van der Waals surface area contributed by atoms with Gasteiger partial charge in [-0.1, -0.05) is 48.5 Å². The molecule has 0 fully saturated rings. The summed E-state index contributed by atoms with van der Waals surface area (Å²) in [5.74, 6) is 0. The lowest BCUT2D eigenvalue weighted by Crippen LogP contribution is -2.14. The van der Waals surface area contributed by atoms with Crippen LogP contribution in [0.1, 0.15) is 16.7 Å². The molecule has 0 aliphatic carbocycles. The van der Waals surface area contributed by atoms with Crippen molar-refractivity contribution < 1.29 is 0 Å². The number of hydrogen-bond acceptors (Lipinski definition) is 5. The normalized spacial score (nSPS) is 10.9. The number of hydrogen-bond donors (Lipinski definition) is 2. The molecule has 0 amide bonds. The fourth-order valence-corrected chi connectivity index (χ4v) is 2.29. The minimum atomic E-state index is -0.462. The summed E-state index contributed by atoms with van der Waals surface area (Å²) < 4.78 is 0. The zero-order valence-electron chi connectivity index (χ0n) is 13.8. The second-order valence-corrected chi connectivity index (χ2v) is 5.33. The average Bonchev–Trinajstić information content (AvgIpc) is 2.68. The van der Waals surface area contributed by atoms with Gasteiger partial charge in [-0.05, 0) is 17.7 Å². The Kier molecular flexibility index (Phi) is 5.33. The lowest BCUT2D eigenvalue weighted by atomic mass is 10.1. The monoisotopic (exact) mass is 341 g/mol. The Morgan fingerprint density at radius 2 is 1.62 bits per heavy atom. The van der Waals surface area contributed by atoms with Crippen LogP contribution in [-0.4, -0.2) is 17.4 Å². The first kappa shape index (κ1) is 16.9. The lowest BCUT2D eigenvalue weighted by Gasteiger charge is -2.10. The maximum Gasteiger partial charge on any atom is 0.268 e. The van der Waals surface area contributed by atoms with Crippen molar-refractivity contribution in [2.45, 2.75) is 0 Å². The van der Waals surface area contributed by atoms with E-state index in [9.17, 15) is 10.1 Å². The van der Waals surface area contributed by atoms with Crippen LogP contribution in [0.5, 0.6) is 0 Å². The Balaban J connectivity index is 1.91. The van der Waals surface area contributed by atoms with Crippen molar-refractivity contribution in [3.63, 3.8) is 0 Å². The number of benzene rings is 2. The topological polar surface area (TPSA) is 93.4 Å². The van der Waals surface area contributed by atoms with E-state index in [4.69, 9.17) is 0 Å². The Morgan fingerprint density at radius 1 is 0.962 bits per heavy atom. The van der Waals surface area contributed by atoms with E-state index in [1.54, 1.807) is 6.21 Å². The molecule has 0 bridgehead atoms. The molecule has 2 N–H and O–H groups in total. The molecule has 0 aliphatic rings. The molecular formula is C20H15N5O. The molecule has 2 aromatic carbocycles. The molecule has 1 heterocycles. The molecule has 1 aromatic heterocycles. The number of anilines is 2. The number of para-hydroxylation sites is 1. The van der Waals surface area contributed by atoms with Gasteiger partial charge in [-0.15, -0.1) is 0 Å². The molecule has 3 rings (SSSR count). The van der Waals surface area contributed by atoms with E-state index < -0.39 is 5.56 Å². The van der Waals surface area contributed by atoms with Gasteiger partial charge < -0.3 is 10.3 Å². The van der Waals surface area contributed by atoms with E-state index in [-0.39, 0.29) is 5.56 Å². The molecular weight excluding hydrogens is 326 g/mol. The standard InChI is InChI=1S/C20H15N5O/c21-11-18-19(25-17-9-5-2-6-10-17)16(13-22-20(18)26)14-24-23-12-15-7-3-1-4-8-15/h1-10,12-14H,(H2,22,25,26)/b23-12+,24-14+. The SMILES string of the molecule is N#Cc1c(Nc2ccccc2)c(/C=N/N=C/c2ccccc2)c[nH]c1=O. The number of H-pyrrole nitrogens is 1. The molecule has 0 spiro atoms. The third-order valence-electron chi connectivity index (χ3n) is 3.55. The Bertz CT molecular complexity index is 1030. The second-order valence-electron chi connectivity index (χ2n) is 5.33. The fraction of sp³-hybridized carbons (Fsp3) is 0. The summed E-state index contributed by atoms with van der Waals surface area (Å²) in [5, 5.41) is 20.5. The number of rotatable bonds is 5. The summed E-state index contributed by atoms with van der Waals surface area (Å²) >= 11 is 0. The van der Waals surface area contributed by atoms with Crippen molar-refractivity contribution in [1.29, 1.82) is 5.26 Å². The van der Waals surface area contributed by atoms with Gasteiger partial charge in [0, 0.05) is 17.4 Å². The number of aromatic amines is 1. The molecule has 126 valence electrons. The molecule has 6 heteroatoms. The number of aromatic nitrogens is 1. The molecule has 0 saturated carbocycles. The predicted octanol–water partition coefficient (Wildman–Crippen LogP) is 3.44. The van der Waals surface area contributed by atoms with Crippen LogP contribution in [0.4, 0.5) is 11.4 Å². The summed E-state index contributed by atoms with van der Waals surface area (Å²) in [6, 6.07) is 20.8. The molecule has 0 atom stereocenters. The third kappa shape index (κ3) is 4.10. The molecule has 26 heavy (non-hydrogen) atoms. The van der Waals surface area contributed by atoms with Gasteiger partial charge in [0.2, 0.25) is 0 Å². The minimum Gasteiger partial charge on any atom is -0.354 e. The van der Waals surface area contributed by atoms with Crippen molar-refractivity contribution in [2.75, 3.05) is 5.32 Å². The van der Waals surface area contributed by atoms with Crippen LogP contribution in [-0.2, 0) is 0 Å². The van der Waals surface area contributed by atoms with Gasteiger partial charge in [0.15, 0.2) is 0 Å². The average molecular weight is 341 g/mol. The van der Waals surface area contributed by atoms with Gasteiger partial charge in [0.05, 0.1) is 18.1 Å². The van der Waals surface area contributed by atoms with E-state index in [0.717, 1.165) is 11.3 Å². The van der Waals surface area contributed by atoms with Gasteiger partial charge in [0.1, 0.15) is 11.6 Å². The van der Waals surface area contributed by atoms with Crippen LogP contribution in [0.2, 0.25) is 0 Å². The van der Waals surface area contributed by atoms with Gasteiger partial charge in [-0.25, -0.2) is 0 Å². The highest BCUT2D eigenvalue weighted by Gasteiger charge is 2.11. The van der Waals surface area contributed by atoms with Crippen molar-refractivity contribution in [2.24, 2.45) is 10.2 Å². The zero-order valence-corrected chi connectivity index (χ0v) is 13.8. The van der Waals surface area contributed by atoms with E-state index >= 15 is 0 Å². The second kappa shape index (κ2) is 8.22. The largest absolute Gasteiger partial charge is 0.354 e. The van der Waals surface area contributed by atoms with Gasteiger partial charge in [-0.2, -0.15) is 15.5 Å². The molecule has 0 unspecified atom stereocenters. The highest BCUT2D eigenvalue weighted by molar-refractivity contribution is 5.91. The van der Waals surface area contributed by atoms with E-state index in [0.29, 0.717) is 11.3 Å². The number of nitriles is 1. The van der Waals surface area contributed by atoms with Crippen LogP contribution in [0, 0.1) is 11.3 Å². The Hall–Kier alpha value is -3.98. The quantitative estimate of drug-likeness (QED) is 0.550. The van der Waals surface area contributed by atoms with Gasteiger partial charge in [-0.3, -0.25) is 4.79 Å². The zero-order chi connectivity index (χ0) is 18.2. The predicted molar refractivity (Wildman–Crippen MR) is 103 cm³/mol. The van der Waals surface area contributed by atoms with Crippen LogP contribution in [0.25, 0.3) is 0 Å². The molecule has 0 saturated heterocycles. The maximum atomic E-state index is 11.9. The summed E-state index contributed by atoms with van der Waals surface area (Å²) in [6.07, 6.45) is 4.61. The summed E-state index contributed by atoms with van der Waals surface area (Å²) in [4.78, 5) is 14.5. The fourth-order valence-electron chi connectivity index (χ4n) is 2.29. The molecule has 3 aromatic rings. The van der Waals surface area contributed by atoms with Crippen LogP contribution >= 0.6 is 0 Å². The van der Waals surface area contributed by atoms with E-state index in [1.165, 1.54) is 12.4 Å². The first-order valence-corrected chi connectivity index (χ1v) is 7.87. The highest BCUT2D eigenvalue weighted by Crippen LogP contribution is 2.21. The van der Waals surface area contributed by atoms with Crippen LogP contribution in [0.15, 0.2) is 81.9 Å². The van der Waals surface area contributed by atoms with Crippen LogP contribution < -0.4 is 10.9 Å². The summed E-state index contributed by atoms with van der Waals surface area (Å²) in [7, 11) is 0. The molecule has 0 aliphatic heterocycles. The maximum absolute atomic E-state index is 11.9. The lowest BCUT2D eigenvalue weighted by molar-refractivity contribution is 1.20. The number of nitrogens with one attached hydrogen (secondary N) is 2. The Morgan fingerprint density at radius 3 is 2.31 bits per heavy atom. The van der Waals surface area contributed by atoms with Gasteiger partial charge in [0.25, 0.3) is 5.56 Å². The van der Waals surface area contributed by atoms with Crippen molar-refractivity contribution in [3.05, 3.63) is 93.9 Å². The van der Waals surface area contributed by atoms with E-state index in [2.05, 4.69) is 20.5 Å². The number of nitrogens with zero attached hydrogens (tertiary/aromatic N) is 3. The summed E-state index contributed by atoms with van der Waals surface area (Å²) in [6.45, 7) is 0. The van der Waals surface area contributed by atoms with Crippen molar-refractivity contribution in [1.82, 2.24) is 4.98 Å². The van der Waals surface area contributed by atoms with Gasteiger partial charge >= 0.3 is 0 Å². The third-order valence-corrected chi connectivity index (χ3v) is 3.55. The summed E-state index contributed by atoms with van der Waals surface area (Å²) in [5.41, 5.74) is 2.15. The molecule has 0 radical (unpaired) electrons. The van der Waals surface area contributed by atoms with Crippen LogP contribution in [0.3, 0.4) is 0 Å². The van der Waals surface area contributed by atoms with Crippen molar-refractivity contribution >= 4 is 23.8 Å². The minimum absolute atomic E-state index is 0.00941. The first-order chi connectivity index (χ1) is 12.8. The molecule has 6 nitrogen and oxygen atoms in total. The first-order valence-electron chi connectivity index (χ1n) is 7.87. The number of pyridine rings is 1. The van der Waals surface area contributed by atoms with E-state index in [1.807, 2.05) is 66.7 Å². The Labute approximate surface area is 150 Å². The van der Waals surface area contributed by atoms with Crippen molar-refractivity contribution in [3.8, 4) is 6.07 Å². The smallest absolute Gasteiger partial charge is 0.268 e. The highest BCUT2D eigenvalue weighted by atomic mass is 16.1.